The van der Waals surface area contributed by atoms with Crippen molar-refractivity contribution in [3.8, 4) is 0 Å². The Labute approximate surface area is 145 Å². The van der Waals surface area contributed by atoms with E-state index in [0.717, 1.165) is 0 Å². The van der Waals surface area contributed by atoms with E-state index < -0.39 is 0 Å². The summed E-state index contributed by atoms with van der Waals surface area (Å²) >= 11 is 0. The van der Waals surface area contributed by atoms with Crippen LogP contribution in [0.15, 0.2) is 54.6 Å². The third-order valence-electron chi connectivity index (χ3n) is 5.96. The first-order chi connectivity index (χ1) is 11.7. The van der Waals surface area contributed by atoms with E-state index in [4.69, 9.17) is 4.74 Å². The van der Waals surface area contributed by atoms with E-state index in [0.29, 0.717) is 18.2 Å². The Hall–Kier alpha value is -1.64. The Morgan fingerprint density at radius 3 is 2.21 bits per heavy atom. The molecule has 4 atom stereocenters. The van der Waals surface area contributed by atoms with E-state index in [1.54, 1.807) is 0 Å². The van der Waals surface area contributed by atoms with Gasteiger partial charge in [-0.1, -0.05) is 54.6 Å². The minimum absolute atomic E-state index is 0.0419. The number of ether oxygens (including phenoxy) is 1. The molecule has 2 fully saturated rings. The first-order valence-corrected chi connectivity index (χ1v) is 9.20. The molecule has 2 heteroatoms. The number of hydrogen-bond acceptors (Lipinski definition) is 2. The number of benzene rings is 2. The van der Waals surface area contributed by atoms with E-state index in [-0.39, 0.29) is 6.10 Å². The average molecular weight is 321 g/mol. The predicted octanol–water partition coefficient (Wildman–Crippen LogP) is 4.73. The van der Waals surface area contributed by atoms with Crippen molar-refractivity contribution >= 4 is 0 Å². The molecule has 2 aliphatic rings. The third-order valence-corrected chi connectivity index (χ3v) is 5.96. The molecule has 0 aliphatic carbocycles. The van der Waals surface area contributed by atoms with Crippen molar-refractivity contribution in [1.82, 2.24) is 4.90 Å². The Bertz CT molecular complexity index is 669. The summed E-state index contributed by atoms with van der Waals surface area (Å²) in [6.07, 6.45) is 5.41. The maximum Gasteiger partial charge on any atom is 0.108 e. The van der Waals surface area contributed by atoms with Crippen LogP contribution in [0, 0.1) is 6.92 Å². The van der Waals surface area contributed by atoms with Crippen LogP contribution >= 0.6 is 0 Å². The molecule has 2 nitrogen and oxygen atoms in total. The van der Waals surface area contributed by atoms with Gasteiger partial charge in [-0.15, -0.1) is 0 Å². The first kappa shape index (κ1) is 15.9. The maximum absolute atomic E-state index is 6.75. The zero-order valence-corrected chi connectivity index (χ0v) is 14.7. The molecule has 0 radical (unpaired) electrons. The highest BCUT2D eigenvalue weighted by molar-refractivity contribution is 5.35. The molecule has 4 rings (SSSR count). The molecule has 0 N–H and O–H groups in total. The SMILES string of the molecule is Cc1ccccc1C(OC1C[C@H]2CC[C@@H](C1)N2C)c1ccccc1. The zero-order valence-electron chi connectivity index (χ0n) is 14.7. The van der Waals surface area contributed by atoms with Crippen LogP contribution in [-0.4, -0.2) is 30.1 Å². The van der Waals surface area contributed by atoms with Gasteiger partial charge in [0.25, 0.3) is 0 Å². The van der Waals surface area contributed by atoms with E-state index in [1.165, 1.54) is 42.4 Å². The van der Waals surface area contributed by atoms with Crippen LogP contribution in [0.1, 0.15) is 48.5 Å². The molecule has 0 spiro atoms. The summed E-state index contributed by atoms with van der Waals surface area (Å²) in [4.78, 5) is 2.57. The van der Waals surface area contributed by atoms with E-state index in [2.05, 4.69) is 73.5 Å². The van der Waals surface area contributed by atoms with E-state index in [9.17, 15) is 0 Å². The van der Waals surface area contributed by atoms with Gasteiger partial charge in [-0.3, -0.25) is 0 Å². The van der Waals surface area contributed by atoms with Crippen molar-refractivity contribution < 1.29 is 4.74 Å². The smallest absolute Gasteiger partial charge is 0.108 e. The Morgan fingerprint density at radius 1 is 0.917 bits per heavy atom. The van der Waals surface area contributed by atoms with Crippen LogP contribution in [0.4, 0.5) is 0 Å². The maximum atomic E-state index is 6.75. The number of nitrogens with zero attached hydrogens (tertiary/aromatic N) is 1. The molecule has 2 saturated heterocycles. The van der Waals surface area contributed by atoms with Gasteiger partial charge in [0.2, 0.25) is 0 Å². The highest BCUT2D eigenvalue weighted by atomic mass is 16.5. The lowest BCUT2D eigenvalue weighted by atomic mass is 9.95. The molecular weight excluding hydrogens is 294 g/mol. The molecule has 2 bridgehead atoms. The third kappa shape index (κ3) is 3.01. The van der Waals surface area contributed by atoms with Gasteiger partial charge in [0, 0.05) is 12.1 Å². The fraction of sp³-hybridized carbons (Fsp3) is 0.455. The fourth-order valence-corrected chi connectivity index (χ4v) is 4.51. The van der Waals surface area contributed by atoms with Gasteiger partial charge in [0.15, 0.2) is 0 Å². The number of fused-ring (bicyclic) bond motifs is 2. The molecule has 0 amide bonds. The molecule has 2 unspecified atom stereocenters. The predicted molar refractivity (Wildman–Crippen MR) is 98.1 cm³/mol. The Morgan fingerprint density at radius 2 is 1.54 bits per heavy atom. The number of hydrogen-bond donors (Lipinski definition) is 0. The number of rotatable bonds is 4. The van der Waals surface area contributed by atoms with Crippen LogP contribution in [0.5, 0.6) is 0 Å². The second kappa shape index (κ2) is 6.70. The molecule has 2 aromatic carbocycles. The molecule has 24 heavy (non-hydrogen) atoms. The van der Waals surface area contributed by atoms with Gasteiger partial charge >= 0.3 is 0 Å². The van der Waals surface area contributed by atoms with Gasteiger partial charge in [-0.2, -0.15) is 0 Å². The topological polar surface area (TPSA) is 12.5 Å². The normalized spacial score (nSPS) is 28.0. The molecule has 126 valence electrons. The Kier molecular flexibility index (Phi) is 4.43. The van der Waals surface area contributed by atoms with Gasteiger partial charge < -0.3 is 9.64 Å². The van der Waals surface area contributed by atoms with Gasteiger partial charge in [0.05, 0.1) is 6.10 Å². The van der Waals surface area contributed by atoms with Crippen molar-refractivity contribution in [3.05, 3.63) is 71.3 Å². The highest BCUT2D eigenvalue weighted by Gasteiger charge is 2.39. The second-order valence-electron chi connectivity index (χ2n) is 7.43. The molecule has 0 aromatic heterocycles. The second-order valence-corrected chi connectivity index (χ2v) is 7.43. The minimum Gasteiger partial charge on any atom is -0.365 e. The fourth-order valence-electron chi connectivity index (χ4n) is 4.51. The van der Waals surface area contributed by atoms with E-state index in [1.807, 2.05) is 0 Å². The summed E-state index contributed by atoms with van der Waals surface area (Å²) in [5.74, 6) is 0. The summed E-state index contributed by atoms with van der Waals surface area (Å²) in [5.41, 5.74) is 3.87. The van der Waals surface area contributed by atoms with Crippen LogP contribution in [0.3, 0.4) is 0 Å². The monoisotopic (exact) mass is 321 g/mol. The summed E-state index contributed by atoms with van der Waals surface area (Å²) < 4.78 is 6.75. The largest absolute Gasteiger partial charge is 0.365 e. The summed E-state index contributed by atoms with van der Waals surface area (Å²) in [5, 5.41) is 0. The van der Waals surface area contributed by atoms with Crippen LogP contribution in [-0.2, 0) is 4.74 Å². The van der Waals surface area contributed by atoms with Crippen molar-refractivity contribution in [2.45, 2.75) is 56.9 Å². The summed E-state index contributed by atoms with van der Waals surface area (Å²) in [6.45, 7) is 2.19. The van der Waals surface area contributed by atoms with Gasteiger partial charge in [-0.05, 0) is 56.3 Å². The van der Waals surface area contributed by atoms with Crippen LogP contribution < -0.4 is 0 Å². The van der Waals surface area contributed by atoms with Crippen molar-refractivity contribution in [2.75, 3.05) is 7.05 Å². The summed E-state index contributed by atoms with van der Waals surface area (Å²) in [6, 6.07) is 20.8. The Balaban J connectivity index is 1.61. The van der Waals surface area contributed by atoms with Crippen LogP contribution in [0.25, 0.3) is 0 Å². The molecule has 2 aliphatic heterocycles. The quantitative estimate of drug-likeness (QED) is 0.807. The lowest BCUT2D eigenvalue weighted by Crippen LogP contribution is -2.43. The van der Waals surface area contributed by atoms with E-state index >= 15 is 0 Å². The first-order valence-electron chi connectivity index (χ1n) is 9.20. The summed E-state index contributed by atoms with van der Waals surface area (Å²) in [7, 11) is 2.29. The molecule has 2 aromatic rings. The lowest BCUT2D eigenvalue weighted by molar-refractivity contribution is -0.0428. The molecular formula is C22H27NO. The minimum atomic E-state index is 0.0419. The number of aryl methyl sites for hydroxylation is 1. The molecule has 2 heterocycles. The van der Waals surface area contributed by atoms with Crippen LogP contribution in [0.2, 0.25) is 0 Å². The average Bonchev–Trinajstić information content (AvgIpc) is 2.83. The molecule has 0 saturated carbocycles. The lowest BCUT2D eigenvalue weighted by Gasteiger charge is -2.38. The van der Waals surface area contributed by atoms with Gasteiger partial charge in [-0.25, -0.2) is 0 Å². The van der Waals surface area contributed by atoms with Crippen molar-refractivity contribution in [3.63, 3.8) is 0 Å². The number of piperidine rings is 1. The highest BCUT2D eigenvalue weighted by Crippen LogP contribution is 2.39. The zero-order chi connectivity index (χ0) is 16.5. The standard InChI is InChI=1S/C22H27NO/c1-16-8-6-7-11-21(16)22(17-9-4-3-5-10-17)24-20-14-18-12-13-19(15-20)23(18)2/h3-11,18-20,22H,12-15H2,1-2H3/t18-,19+,20?,22?. The van der Waals surface area contributed by atoms with Crippen molar-refractivity contribution in [2.24, 2.45) is 0 Å². The van der Waals surface area contributed by atoms with Crippen molar-refractivity contribution in [1.29, 1.82) is 0 Å². The van der Waals surface area contributed by atoms with Gasteiger partial charge in [0.1, 0.15) is 6.10 Å².